The maximum absolute atomic E-state index is 12.3. The van der Waals surface area contributed by atoms with E-state index >= 15 is 0 Å². The smallest absolute Gasteiger partial charge is 0.335 e. The van der Waals surface area contributed by atoms with E-state index in [2.05, 4.69) is 9.98 Å². The average molecular weight is 349 g/mol. The summed E-state index contributed by atoms with van der Waals surface area (Å²) in [5.41, 5.74) is 1.88. The van der Waals surface area contributed by atoms with Gasteiger partial charge in [-0.25, -0.2) is 9.36 Å². The van der Waals surface area contributed by atoms with E-state index in [0.717, 1.165) is 21.3 Å². The first-order valence-corrected chi connectivity index (χ1v) is 8.17. The van der Waals surface area contributed by atoms with Crippen molar-refractivity contribution in [2.75, 3.05) is 0 Å². The number of aryl methyl sites for hydroxylation is 1. The van der Waals surface area contributed by atoms with Gasteiger partial charge in [0.2, 0.25) is 5.88 Å². The number of H-pyrrole nitrogens is 1. The largest absolute Gasteiger partial charge is 0.493 e. The third-order valence-corrected chi connectivity index (χ3v) is 4.27. The van der Waals surface area contributed by atoms with Gasteiger partial charge in [0.05, 0.1) is 12.2 Å². The van der Waals surface area contributed by atoms with Crippen molar-refractivity contribution in [1.82, 2.24) is 9.55 Å². The van der Waals surface area contributed by atoms with Crippen LogP contribution in [0.25, 0.3) is 5.69 Å². The monoisotopic (exact) mass is 349 g/mol. The summed E-state index contributed by atoms with van der Waals surface area (Å²) in [7, 11) is 0. The lowest BCUT2D eigenvalue weighted by atomic mass is 10.1. The minimum absolute atomic E-state index is 0.0542. The van der Waals surface area contributed by atoms with Gasteiger partial charge in [-0.3, -0.25) is 14.8 Å². The highest BCUT2D eigenvalue weighted by Gasteiger charge is 2.15. The van der Waals surface area contributed by atoms with Gasteiger partial charge in [0.15, 0.2) is 0 Å². The second-order valence-electron chi connectivity index (χ2n) is 6.01. The highest BCUT2D eigenvalue weighted by molar-refractivity contribution is 5.82. The van der Waals surface area contributed by atoms with Gasteiger partial charge < -0.3 is 5.11 Å². The predicted molar refractivity (Wildman–Crippen MR) is 102 cm³/mol. The molecule has 0 saturated heterocycles. The Morgan fingerprint density at radius 2 is 1.81 bits per heavy atom. The molecular formula is C20H19N3O3. The van der Waals surface area contributed by atoms with Gasteiger partial charge in [-0.15, -0.1) is 0 Å². The predicted octanol–water partition coefficient (Wildman–Crippen LogP) is 2.47. The van der Waals surface area contributed by atoms with Crippen LogP contribution >= 0.6 is 0 Å². The Balaban J connectivity index is 2.06. The van der Waals surface area contributed by atoms with Crippen molar-refractivity contribution in [3.8, 4) is 11.6 Å². The molecule has 0 aliphatic carbocycles. The van der Waals surface area contributed by atoms with Crippen LogP contribution in [0.2, 0.25) is 0 Å². The molecule has 2 N–H and O–H groups in total. The quantitative estimate of drug-likeness (QED) is 0.709. The van der Waals surface area contributed by atoms with Gasteiger partial charge in [0.25, 0.3) is 5.56 Å². The number of aromatic amines is 1. The summed E-state index contributed by atoms with van der Waals surface area (Å²) in [5.74, 6) is -0.427. The molecule has 1 aromatic heterocycles. The van der Waals surface area contributed by atoms with Crippen LogP contribution in [0.4, 0.5) is 0 Å². The lowest BCUT2D eigenvalue weighted by molar-refractivity contribution is 0.430. The number of benzene rings is 2. The molecular weight excluding hydrogens is 330 g/mol. The minimum atomic E-state index is -0.693. The molecule has 0 aliphatic heterocycles. The van der Waals surface area contributed by atoms with Crippen LogP contribution in [-0.4, -0.2) is 20.9 Å². The Kier molecular flexibility index (Phi) is 4.84. The molecule has 0 spiro atoms. The lowest BCUT2D eigenvalue weighted by Crippen LogP contribution is -2.31. The van der Waals surface area contributed by atoms with Crippen molar-refractivity contribution < 1.29 is 5.11 Å². The molecule has 0 bridgehead atoms. The van der Waals surface area contributed by atoms with Gasteiger partial charge >= 0.3 is 5.69 Å². The zero-order valence-corrected chi connectivity index (χ0v) is 14.6. The molecule has 3 rings (SSSR count). The number of aliphatic imine (C=N–C) groups is 1. The van der Waals surface area contributed by atoms with Crippen LogP contribution in [0.3, 0.4) is 0 Å². The molecule has 26 heavy (non-hydrogen) atoms. The first kappa shape index (κ1) is 17.4. The molecule has 1 heterocycles. The minimum Gasteiger partial charge on any atom is -0.493 e. The first-order valence-electron chi connectivity index (χ1n) is 8.17. The van der Waals surface area contributed by atoms with Crippen LogP contribution in [0.15, 0.2) is 63.1 Å². The second-order valence-corrected chi connectivity index (χ2v) is 6.01. The molecule has 6 nitrogen and oxygen atoms in total. The van der Waals surface area contributed by atoms with E-state index in [-0.39, 0.29) is 5.56 Å². The van der Waals surface area contributed by atoms with Crippen LogP contribution in [0.1, 0.15) is 22.3 Å². The van der Waals surface area contributed by atoms with Crippen molar-refractivity contribution in [3.05, 3.63) is 91.6 Å². The standard InChI is InChI=1S/C20H19N3O3/c1-13-7-6-10-17(14(13)2)23-19(25)16(18(24)22-20(23)26)12-21-11-15-8-4-3-5-9-15/h3-10,12,25H,11H2,1-2H3,(H,22,24,26). The van der Waals surface area contributed by atoms with E-state index in [1.54, 1.807) is 12.1 Å². The Morgan fingerprint density at radius 3 is 2.54 bits per heavy atom. The summed E-state index contributed by atoms with van der Waals surface area (Å²) in [5, 5.41) is 10.6. The SMILES string of the molecule is Cc1cccc(-n2c(O)c(C=NCc3ccccc3)c(=O)[nH]c2=O)c1C. The third-order valence-electron chi connectivity index (χ3n) is 4.27. The second kappa shape index (κ2) is 7.23. The van der Waals surface area contributed by atoms with Gasteiger partial charge in [0, 0.05) is 6.21 Å². The highest BCUT2D eigenvalue weighted by atomic mass is 16.3. The van der Waals surface area contributed by atoms with Gasteiger partial charge in [-0.1, -0.05) is 42.5 Å². The number of hydrogen-bond acceptors (Lipinski definition) is 4. The Bertz CT molecular complexity index is 1080. The number of aromatic hydroxyl groups is 1. The fourth-order valence-electron chi connectivity index (χ4n) is 2.68. The topological polar surface area (TPSA) is 87.4 Å². The Labute approximate surface area is 150 Å². The molecule has 3 aromatic rings. The molecule has 0 aliphatic rings. The lowest BCUT2D eigenvalue weighted by Gasteiger charge is -2.13. The first-order chi connectivity index (χ1) is 12.5. The molecule has 0 atom stereocenters. The summed E-state index contributed by atoms with van der Waals surface area (Å²) < 4.78 is 1.09. The maximum Gasteiger partial charge on any atom is 0.335 e. The zero-order valence-electron chi connectivity index (χ0n) is 14.6. The number of aromatic nitrogens is 2. The molecule has 6 heteroatoms. The Morgan fingerprint density at radius 1 is 1.08 bits per heavy atom. The number of hydrogen-bond donors (Lipinski definition) is 2. The van der Waals surface area contributed by atoms with Gasteiger partial charge in [-0.2, -0.15) is 0 Å². The van der Waals surface area contributed by atoms with Crippen LogP contribution in [0, 0.1) is 13.8 Å². The number of rotatable bonds is 4. The molecule has 0 radical (unpaired) electrons. The van der Waals surface area contributed by atoms with Crippen LogP contribution < -0.4 is 11.2 Å². The summed E-state index contributed by atoms with van der Waals surface area (Å²) >= 11 is 0. The van der Waals surface area contributed by atoms with Gasteiger partial charge in [-0.05, 0) is 36.6 Å². The fraction of sp³-hybridized carbons (Fsp3) is 0.150. The van der Waals surface area contributed by atoms with Crippen molar-refractivity contribution in [1.29, 1.82) is 0 Å². The summed E-state index contributed by atoms with van der Waals surface area (Å²) in [6.45, 7) is 4.13. The average Bonchev–Trinajstić information content (AvgIpc) is 2.62. The molecule has 2 aromatic carbocycles. The highest BCUT2D eigenvalue weighted by Crippen LogP contribution is 2.21. The zero-order chi connectivity index (χ0) is 18.7. The Hall–Kier alpha value is -3.41. The number of nitrogens with one attached hydrogen (secondary N) is 1. The molecule has 0 fully saturated rings. The van der Waals surface area contributed by atoms with Crippen LogP contribution in [0.5, 0.6) is 5.88 Å². The van der Waals surface area contributed by atoms with Gasteiger partial charge in [0.1, 0.15) is 5.56 Å². The number of nitrogens with zero attached hydrogens (tertiary/aromatic N) is 2. The van der Waals surface area contributed by atoms with E-state index in [1.165, 1.54) is 6.21 Å². The van der Waals surface area contributed by atoms with E-state index in [1.807, 2.05) is 50.2 Å². The van der Waals surface area contributed by atoms with E-state index < -0.39 is 17.1 Å². The molecule has 132 valence electrons. The van der Waals surface area contributed by atoms with Crippen molar-refractivity contribution in [2.45, 2.75) is 20.4 Å². The summed E-state index contributed by atoms with van der Waals surface area (Å²) in [6.07, 6.45) is 1.29. The molecule has 0 saturated carbocycles. The van der Waals surface area contributed by atoms with Crippen molar-refractivity contribution in [3.63, 3.8) is 0 Å². The summed E-state index contributed by atoms with van der Waals surface area (Å²) in [6, 6.07) is 15.0. The molecule has 0 amide bonds. The van der Waals surface area contributed by atoms with Crippen LogP contribution in [-0.2, 0) is 6.54 Å². The maximum atomic E-state index is 12.3. The third kappa shape index (κ3) is 3.35. The fourth-order valence-corrected chi connectivity index (χ4v) is 2.68. The normalized spacial score (nSPS) is 11.2. The van der Waals surface area contributed by atoms with E-state index in [4.69, 9.17) is 0 Å². The van der Waals surface area contributed by atoms with Crippen molar-refractivity contribution >= 4 is 6.21 Å². The van der Waals surface area contributed by atoms with E-state index in [0.29, 0.717) is 12.2 Å². The van der Waals surface area contributed by atoms with E-state index in [9.17, 15) is 14.7 Å². The summed E-state index contributed by atoms with van der Waals surface area (Å²) in [4.78, 5) is 30.9. The molecule has 0 unspecified atom stereocenters. The van der Waals surface area contributed by atoms with Crippen molar-refractivity contribution in [2.24, 2.45) is 4.99 Å².